The van der Waals surface area contributed by atoms with Crippen LogP contribution in [-0.4, -0.2) is 29.8 Å². The minimum absolute atomic E-state index is 0.0814. The van der Waals surface area contributed by atoms with E-state index in [2.05, 4.69) is 28.4 Å². The number of fused-ring (bicyclic) bond motifs is 1. The first-order valence-electron chi connectivity index (χ1n) is 7.53. The van der Waals surface area contributed by atoms with Gasteiger partial charge in [-0.25, -0.2) is 0 Å². The van der Waals surface area contributed by atoms with Gasteiger partial charge in [0.25, 0.3) is 0 Å². The molecule has 5 nitrogen and oxygen atoms in total. The number of hydrogen-bond acceptors (Lipinski definition) is 5. The first-order chi connectivity index (χ1) is 10.3. The molecule has 5 heteroatoms. The standard InChI is InChI=1S/C16H21N3O2/c1-3-6-11(17-2)9-15-18-16(19-21-15)13-10-20-14-8-5-4-7-12(13)14/h4-5,7-8,11,13,17H,3,6,9-10H2,1-2H3. The van der Waals surface area contributed by atoms with Crippen molar-refractivity contribution >= 4 is 0 Å². The van der Waals surface area contributed by atoms with Crippen LogP contribution in [0.25, 0.3) is 0 Å². The monoisotopic (exact) mass is 287 g/mol. The molecule has 21 heavy (non-hydrogen) atoms. The van der Waals surface area contributed by atoms with Crippen LogP contribution >= 0.6 is 0 Å². The van der Waals surface area contributed by atoms with E-state index in [1.807, 2.05) is 25.2 Å². The fourth-order valence-electron chi connectivity index (χ4n) is 2.78. The van der Waals surface area contributed by atoms with E-state index in [0.717, 1.165) is 36.4 Å². The summed E-state index contributed by atoms with van der Waals surface area (Å²) in [6, 6.07) is 8.42. The second-order valence-corrected chi connectivity index (χ2v) is 5.43. The normalized spacial score (nSPS) is 18.3. The molecular formula is C16H21N3O2. The number of aromatic nitrogens is 2. The van der Waals surface area contributed by atoms with Crippen LogP contribution in [0.2, 0.25) is 0 Å². The van der Waals surface area contributed by atoms with E-state index in [0.29, 0.717) is 18.5 Å². The van der Waals surface area contributed by atoms with Crippen LogP contribution in [-0.2, 0) is 6.42 Å². The Balaban J connectivity index is 1.74. The molecular weight excluding hydrogens is 266 g/mol. The number of para-hydroxylation sites is 1. The predicted molar refractivity (Wildman–Crippen MR) is 79.5 cm³/mol. The lowest BCUT2D eigenvalue weighted by Crippen LogP contribution is -2.27. The summed E-state index contributed by atoms with van der Waals surface area (Å²) in [4.78, 5) is 4.56. The Hall–Kier alpha value is -1.88. The molecule has 0 fully saturated rings. The van der Waals surface area contributed by atoms with Crippen molar-refractivity contribution in [3.05, 3.63) is 41.5 Å². The minimum atomic E-state index is 0.0814. The molecule has 1 N–H and O–H groups in total. The van der Waals surface area contributed by atoms with Crippen LogP contribution in [0.1, 0.15) is 43.0 Å². The predicted octanol–water partition coefficient (Wildman–Crippen LogP) is 2.52. The van der Waals surface area contributed by atoms with Gasteiger partial charge in [-0.2, -0.15) is 4.98 Å². The van der Waals surface area contributed by atoms with E-state index < -0.39 is 0 Å². The van der Waals surface area contributed by atoms with Gasteiger partial charge in [0, 0.05) is 18.0 Å². The summed E-state index contributed by atoms with van der Waals surface area (Å²) in [7, 11) is 1.97. The highest BCUT2D eigenvalue weighted by Gasteiger charge is 2.29. The zero-order valence-corrected chi connectivity index (χ0v) is 12.5. The average molecular weight is 287 g/mol. The Morgan fingerprint density at radius 2 is 2.24 bits per heavy atom. The fraction of sp³-hybridized carbons (Fsp3) is 0.500. The molecule has 0 radical (unpaired) electrons. The maximum atomic E-state index is 5.68. The third-order valence-corrected chi connectivity index (χ3v) is 3.96. The van der Waals surface area contributed by atoms with Crippen molar-refractivity contribution in [1.82, 2.24) is 15.5 Å². The van der Waals surface area contributed by atoms with Gasteiger partial charge in [0.1, 0.15) is 12.4 Å². The van der Waals surface area contributed by atoms with E-state index in [9.17, 15) is 0 Å². The quantitative estimate of drug-likeness (QED) is 0.884. The Morgan fingerprint density at radius 1 is 1.38 bits per heavy atom. The van der Waals surface area contributed by atoms with Crippen molar-refractivity contribution in [2.75, 3.05) is 13.7 Å². The number of ether oxygens (including phenoxy) is 1. The molecule has 2 unspecified atom stereocenters. The van der Waals surface area contributed by atoms with Crippen molar-refractivity contribution in [1.29, 1.82) is 0 Å². The highest BCUT2D eigenvalue weighted by atomic mass is 16.5. The van der Waals surface area contributed by atoms with Gasteiger partial charge in [0.15, 0.2) is 5.82 Å². The van der Waals surface area contributed by atoms with Crippen LogP contribution < -0.4 is 10.1 Å². The maximum absolute atomic E-state index is 5.68. The maximum Gasteiger partial charge on any atom is 0.228 e. The van der Waals surface area contributed by atoms with E-state index >= 15 is 0 Å². The lowest BCUT2D eigenvalue weighted by molar-refractivity contribution is 0.328. The van der Waals surface area contributed by atoms with E-state index in [1.54, 1.807) is 0 Å². The van der Waals surface area contributed by atoms with Gasteiger partial charge in [0.05, 0.1) is 5.92 Å². The lowest BCUT2D eigenvalue weighted by Gasteiger charge is -2.11. The van der Waals surface area contributed by atoms with Crippen LogP contribution in [0.3, 0.4) is 0 Å². The molecule has 2 aromatic rings. The van der Waals surface area contributed by atoms with E-state index in [4.69, 9.17) is 9.26 Å². The summed E-state index contributed by atoms with van der Waals surface area (Å²) in [6.45, 7) is 2.76. The molecule has 0 amide bonds. The lowest BCUT2D eigenvalue weighted by atomic mass is 10.0. The van der Waals surface area contributed by atoms with Crippen molar-refractivity contribution in [2.45, 2.75) is 38.1 Å². The summed E-state index contributed by atoms with van der Waals surface area (Å²) >= 11 is 0. The largest absolute Gasteiger partial charge is 0.492 e. The molecule has 1 aliphatic rings. The molecule has 0 bridgehead atoms. The molecule has 0 saturated carbocycles. The Labute approximate surface area is 124 Å². The van der Waals surface area contributed by atoms with Crippen LogP contribution in [0.4, 0.5) is 0 Å². The molecule has 0 aliphatic carbocycles. The van der Waals surface area contributed by atoms with Crippen molar-refractivity contribution in [3.63, 3.8) is 0 Å². The highest BCUT2D eigenvalue weighted by Crippen LogP contribution is 2.36. The molecule has 0 saturated heterocycles. The molecule has 2 heterocycles. The first kappa shape index (κ1) is 14.1. The van der Waals surface area contributed by atoms with Gasteiger partial charge < -0.3 is 14.6 Å². The van der Waals surface area contributed by atoms with E-state index in [-0.39, 0.29) is 5.92 Å². The number of benzene rings is 1. The first-order valence-corrected chi connectivity index (χ1v) is 7.53. The second-order valence-electron chi connectivity index (χ2n) is 5.43. The summed E-state index contributed by atoms with van der Waals surface area (Å²) in [5.41, 5.74) is 1.14. The minimum Gasteiger partial charge on any atom is -0.492 e. The third-order valence-electron chi connectivity index (χ3n) is 3.96. The molecule has 2 atom stereocenters. The SMILES string of the molecule is CCCC(Cc1nc(C2COc3ccccc32)no1)NC. The Morgan fingerprint density at radius 3 is 3.05 bits per heavy atom. The average Bonchev–Trinajstić information content (AvgIpc) is 3.13. The van der Waals surface area contributed by atoms with Gasteiger partial charge in [-0.3, -0.25) is 0 Å². The smallest absolute Gasteiger partial charge is 0.228 e. The number of nitrogens with one attached hydrogen (secondary N) is 1. The van der Waals surface area contributed by atoms with Gasteiger partial charge in [-0.15, -0.1) is 0 Å². The summed E-state index contributed by atoms with van der Waals surface area (Å²) in [5.74, 6) is 2.43. The molecule has 0 spiro atoms. The molecule has 112 valence electrons. The molecule has 1 aromatic heterocycles. The van der Waals surface area contributed by atoms with Gasteiger partial charge in [-0.05, 0) is 19.5 Å². The fourth-order valence-corrected chi connectivity index (χ4v) is 2.78. The third kappa shape index (κ3) is 2.93. The molecule has 1 aliphatic heterocycles. The zero-order chi connectivity index (χ0) is 14.7. The van der Waals surface area contributed by atoms with Gasteiger partial charge in [0.2, 0.25) is 5.89 Å². The summed E-state index contributed by atoms with van der Waals surface area (Å²) in [5, 5.41) is 7.44. The van der Waals surface area contributed by atoms with Crippen LogP contribution in [0, 0.1) is 0 Å². The van der Waals surface area contributed by atoms with E-state index in [1.165, 1.54) is 0 Å². The van der Waals surface area contributed by atoms with Gasteiger partial charge in [-0.1, -0.05) is 36.7 Å². The van der Waals surface area contributed by atoms with Crippen molar-refractivity contribution in [2.24, 2.45) is 0 Å². The zero-order valence-electron chi connectivity index (χ0n) is 12.5. The van der Waals surface area contributed by atoms with Gasteiger partial charge >= 0.3 is 0 Å². The van der Waals surface area contributed by atoms with Crippen molar-refractivity contribution < 1.29 is 9.26 Å². The Bertz CT molecular complexity index is 597. The summed E-state index contributed by atoms with van der Waals surface area (Å²) in [6.07, 6.45) is 3.01. The Kier molecular flexibility index (Phi) is 4.20. The van der Waals surface area contributed by atoms with Crippen LogP contribution in [0.5, 0.6) is 5.75 Å². The topological polar surface area (TPSA) is 60.2 Å². The van der Waals surface area contributed by atoms with Crippen molar-refractivity contribution in [3.8, 4) is 5.75 Å². The second kappa shape index (κ2) is 6.26. The molecule has 3 rings (SSSR count). The number of likely N-dealkylation sites (N-methyl/N-ethyl adjacent to an activating group) is 1. The number of rotatable bonds is 6. The molecule has 1 aromatic carbocycles. The summed E-state index contributed by atoms with van der Waals surface area (Å²) < 4.78 is 11.1. The highest BCUT2D eigenvalue weighted by molar-refractivity contribution is 5.42. The number of nitrogens with zero attached hydrogens (tertiary/aromatic N) is 2. The number of hydrogen-bond donors (Lipinski definition) is 1. The van der Waals surface area contributed by atoms with Crippen LogP contribution in [0.15, 0.2) is 28.8 Å².